The first-order chi connectivity index (χ1) is 7.61. The Labute approximate surface area is 89.8 Å². The van der Waals surface area contributed by atoms with Crippen LogP contribution in [0.15, 0.2) is 36.7 Å². The summed E-state index contributed by atoms with van der Waals surface area (Å²) in [6.07, 6.45) is 3.20. The molecule has 1 aromatic carbocycles. The van der Waals surface area contributed by atoms with Crippen LogP contribution in [-0.2, 0) is 0 Å². The maximum atomic E-state index is 12.0. The minimum Gasteiger partial charge on any atom is -0.368 e. The lowest BCUT2D eigenvalue weighted by molar-refractivity contribution is 0.447. The zero-order valence-electron chi connectivity index (χ0n) is 8.07. The summed E-state index contributed by atoms with van der Waals surface area (Å²) >= 11 is 0. The van der Waals surface area contributed by atoms with Gasteiger partial charge >= 0.3 is 0 Å². The number of nitrogens with zero attached hydrogens (tertiary/aromatic N) is 2. The van der Waals surface area contributed by atoms with Gasteiger partial charge in [0.15, 0.2) is 17.5 Å². The van der Waals surface area contributed by atoms with E-state index in [1.807, 2.05) is 0 Å². The molecule has 0 fully saturated rings. The van der Waals surface area contributed by atoms with Crippen LogP contribution in [0.4, 0.5) is 19.1 Å². The number of nitrogen functional groups attached to an aromatic ring is 1. The first-order valence-corrected chi connectivity index (χ1v) is 4.23. The first kappa shape index (κ1) is 12.0. The van der Waals surface area contributed by atoms with E-state index in [0.717, 1.165) is 18.2 Å². The van der Waals surface area contributed by atoms with Crippen LogP contribution in [0.3, 0.4) is 0 Å². The molecule has 2 N–H and O–H groups in total. The van der Waals surface area contributed by atoms with Crippen LogP contribution in [0.2, 0.25) is 0 Å². The fourth-order valence-electron chi connectivity index (χ4n) is 0.788. The summed E-state index contributed by atoms with van der Waals surface area (Å²) in [5.41, 5.74) is 5.14. The SMILES string of the molecule is Fc1cccc(F)c1F.Nc1ncccn1. The van der Waals surface area contributed by atoms with Crippen molar-refractivity contribution in [1.82, 2.24) is 9.97 Å². The molecule has 1 heterocycles. The van der Waals surface area contributed by atoms with Crippen LogP contribution in [0.25, 0.3) is 0 Å². The van der Waals surface area contributed by atoms with E-state index in [0.29, 0.717) is 5.95 Å². The van der Waals surface area contributed by atoms with E-state index in [4.69, 9.17) is 5.73 Å². The van der Waals surface area contributed by atoms with Crippen LogP contribution in [0.5, 0.6) is 0 Å². The van der Waals surface area contributed by atoms with E-state index in [2.05, 4.69) is 9.97 Å². The Balaban J connectivity index is 0.000000165. The lowest BCUT2D eigenvalue weighted by Gasteiger charge is -1.90. The quantitative estimate of drug-likeness (QED) is 0.701. The highest BCUT2D eigenvalue weighted by Crippen LogP contribution is 2.07. The second-order valence-corrected chi connectivity index (χ2v) is 2.64. The molecule has 2 aromatic rings. The maximum Gasteiger partial charge on any atom is 0.219 e. The Morgan fingerprint density at radius 2 is 1.38 bits per heavy atom. The number of hydrogen-bond donors (Lipinski definition) is 1. The molecule has 2 rings (SSSR count). The number of rotatable bonds is 0. The van der Waals surface area contributed by atoms with Crippen LogP contribution >= 0.6 is 0 Å². The van der Waals surface area contributed by atoms with E-state index in [9.17, 15) is 13.2 Å². The van der Waals surface area contributed by atoms with Crippen molar-refractivity contribution in [3.8, 4) is 0 Å². The minimum absolute atomic E-state index is 0.322. The monoisotopic (exact) mass is 227 g/mol. The molecule has 0 radical (unpaired) electrons. The normalized spacial score (nSPS) is 9.19. The number of benzene rings is 1. The number of anilines is 1. The summed E-state index contributed by atoms with van der Waals surface area (Å²) in [7, 11) is 0. The highest BCUT2D eigenvalue weighted by atomic mass is 19.2. The molecule has 0 atom stereocenters. The molecule has 84 valence electrons. The van der Waals surface area contributed by atoms with Gasteiger partial charge in [-0.05, 0) is 18.2 Å². The fraction of sp³-hybridized carbons (Fsp3) is 0. The molecule has 1 aromatic heterocycles. The summed E-state index contributed by atoms with van der Waals surface area (Å²) in [4.78, 5) is 7.29. The van der Waals surface area contributed by atoms with Crippen molar-refractivity contribution in [2.75, 3.05) is 5.73 Å². The molecule has 0 unspecified atom stereocenters. The molecule has 0 saturated carbocycles. The number of aromatic nitrogens is 2. The van der Waals surface area contributed by atoms with Gasteiger partial charge in [0.25, 0.3) is 0 Å². The lowest BCUT2D eigenvalue weighted by Crippen LogP contribution is -1.90. The molecule has 3 nitrogen and oxygen atoms in total. The Bertz CT molecular complexity index is 428. The van der Waals surface area contributed by atoms with Crippen LogP contribution in [0, 0.1) is 17.5 Å². The van der Waals surface area contributed by atoms with Crippen molar-refractivity contribution in [2.24, 2.45) is 0 Å². The molecule has 0 saturated heterocycles. The Kier molecular flexibility index (Phi) is 4.26. The third kappa shape index (κ3) is 3.56. The third-order valence-electron chi connectivity index (χ3n) is 1.49. The number of hydrogen-bond acceptors (Lipinski definition) is 3. The van der Waals surface area contributed by atoms with Gasteiger partial charge in [0.1, 0.15) is 0 Å². The van der Waals surface area contributed by atoms with Gasteiger partial charge in [0, 0.05) is 12.4 Å². The van der Waals surface area contributed by atoms with Gasteiger partial charge in [-0.3, -0.25) is 0 Å². The third-order valence-corrected chi connectivity index (χ3v) is 1.49. The smallest absolute Gasteiger partial charge is 0.219 e. The molecule has 0 aliphatic rings. The average Bonchev–Trinajstić information content (AvgIpc) is 2.28. The zero-order valence-corrected chi connectivity index (χ0v) is 8.07. The topological polar surface area (TPSA) is 51.8 Å². The van der Waals surface area contributed by atoms with Crippen molar-refractivity contribution < 1.29 is 13.2 Å². The summed E-state index contributed by atoms with van der Waals surface area (Å²) in [5.74, 6) is -3.41. The lowest BCUT2D eigenvalue weighted by atomic mass is 10.3. The average molecular weight is 227 g/mol. The van der Waals surface area contributed by atoms with E-state index in [1.54, 1.807) is 18.5 Å². The highest BCUT2D eigenvalue weighted by molar-refractivity contribution is 5.11. The molecular formula is C10H8F3N3. The van der Waals surface area contributed by atoms with Crippen molar-refractivity contribution in [3.05, 3.63) is 54.1 Å². The molecule has 0 spiro atoms. The van der Waals surface area contributed by atoms with Crippen molar-refractivity contribution in [3.63, 3.8) is 0 Å². The summed E-state index contributed by atoms with van der Waals surface area (Å²) in [5, 5.41) is 0. The maximum absolute atomic E-state index is 12.0. The summed E-state index contributed by atoms with van der Waals surface area (Å²) in [6, 6.07) is 4.54. The minimum atomic E-state index is -1.42. The first-order valence-electron chi connectivity index (χ1n) is 4.23. The van der Waals surface area contributed by atoms with Gasteiger partial charge in [-0.2, -0.15) is 0 Å². The van der Waals surface area contributed by atoms with Gasteiger partial charge < -0.3 is 5.73 Å². The van der Waals surface area contributed by atoms with E-state index < -0.39 is 17.5 Å². The standard InChI is InChI=1S/C6H3F3.C4H5N3/c7-4-2-1-3-5(8)6(4)9;5-4-6-2-1-3-7-4/h1-3H;1-3H,(H2,5,6,7). The second-order valence-electron chi connectivity index (χ2n) is 2.64. The number of nitrogens with two attached hydrogens (primary N) is 1. The van der Waals surface area contributed by atoms with Crippen LogP contribution in [-0.4, -0.2) is 9.97 Å². The van der Waals surface area contributed by atoms with Crippen LogP contribution < -0.4 is 5.73 Å². The Hall–Kier alpha value is -2.11. The van der Waals surface area contributed by atoms with Crippen molar-refractivity contribution >= 4 is 5.95 Å². The van der Waals surface area contributed by atoms with Crippen molar-refractivity contribution in [1.29, 1.82) is 0 Å². The Morgan fingerprint density at radius 1 is 0.875 bits per heavy atom. The molecule has 0 aliphatic heterocycles. The van der Waals surface area contributed by atoms with E-state index in [1.165, 1.54) is 0 Å². The highest BCUT2D eigenvalue weighted by Gasteiger charge is 2.04. The second kappa shape index (κ2) is 5.69. The molecule has 16 heavy (non-hydrogen) atoms. The molecular weight excluding hydrogens is 219 g/mol. The van der Waals surface area contributed by atoms with Crippen molar-refractivity contribution in [2.45, 2.75) is 0 Å². The van der Waals surface area contributed by atoms with Gasteiger partial charge in [0.05, 0.1) is 0 Å². The molecule has 0 amide bonds. The fourth-order valence-corrected chi connectivity index (χ4v) is 0.788. The predicted molar refractivity (Wildman–Crippen MR) is 52.8 cm³/mol. The van der Waals surface area contributed by atoms with Gasteiger partial charge in [0.2, 0.25) is 5.95 Å². The zero-order chi connectivity index (χ0) is 12.0. The Morgan fingerprint density at radius 3 is 1.69 bits per heavy atom. The van der Waals surface area contributed by atoms with Gasteiger partial charge in [-0.15, -0.1) is 0 Å². The predicted octanol–water partition coefficient (Wildman–Crippen LogP) is 2.16. The van der Waals surface area contributed by atoms with Gasteiger partial charge in [-0.25, -0.2) is 23.1 Å². The van der Waals surface area contributed by atoms with E-state index >= 15 is 0 Å². The summed E-state index contributed by atoms with van der Waals surface area (Å²) < 4.78 is 35.9. The molecule has 0 aliphatic carbocycles. The van der Waals surface area contributed by atoms with Crippen LogP contribution in [0.1, 0.15) is 0 Å². The summed E-state index contributed by atoms with van der Waals surface area (Å²) in [6.45, 7) is 0. The molecule has 0 bridgehead atoms. The number of halogens is 3. The molecule has 6 heteroatoms. The van der Waals surface area contributed by atoms with E-state index in [-0.39, 0.29) is 0 Å². The largest absolute Gasteiger partial charge is 0.368 e. The van der Waals surface area contributed by atoms with Gasteiger partial charge in [-0.1, -0.05) is 6.07 Å².